The second-order valence-electron chi connectivity index (χ2n) is 8.82. The molecule has 3 aliphatic heterocycles. The fourth-order valence-corrected chi connectivity index (χ4v) is 5.01. The Balaban J connectivity index is 1.35. The molecule has 3 fully saturated rings. The van der Waals surface area contributed by atoms with Crippen molar-refractivity contribution in [3.63, 3.8) is 0 Å². The van der Waals surface area contributed by atoms with Crippen LogP contribution >= 0.6 is 0 Å². The molecule has 0 spiro atoms. The Hall–Kier alpha value is -3.30. The van der Waals surface area contributed by atoms with E-state index in [2.05, 4.69) is 21.5 Å². The van der Waals surface area contributed by atoms with E-state index in [0.717, 1.165) is 35.4 Å². The zero-order chi connectivity index (χ0) is 22.9. The first-order valence-electron chi connectivity index (χ1n) is 11.3. The van der Waals surface area contributed by atoms with E-state index in [-0.39, 0.29) is 29.6 Å². The van der Waals surface area contributed by atoms with Gasteiger partial charge in [0, 0.05) is 18.5 Å². The monoisotopic (exact) mass is 451 g/mol. The summed E-state index contributed by atoms with van der Waals surface area (Å²) < 4.78 is 14.8. The van der Waals surface area contributed by atoms with E-state index in [1.165, 1.54) is 6.07 Å². The van der Waals surface area contributed by atoms with Gasteiger partial charge in [-0.2, -0.15) is 0 Å². The van der Waals surface area contributed by atoms with Crippen LogP contribution in [0.15, 0.2) is 48.5 Å². The topological polar surface area (TPSA) is 103 Å². The molecule has 172 valence electrons. The van der Waals surface area contributed by atoms with E-state index >= 15 is 0 Å². The van der Waals surface area contributed by atoms with Gasteiger partial charge in [0.1, 0.15) is 11.9 Å². The highest BCUT2D eigenvalue weighted by molar-refractivity contribution is 6.21. The Bertz CT molecular complexity index is 1080. The Labute approximate surface area is 190 Å². The SMILES string of the molecule is O=C1NNC(Cc2ccc(F)c(N3C(=O)NC(Cc4ccccc4)C3=O)c2)C2NCCCC12. The number of nitrogens with zero attached hydrogens (tertiary/aromatic N) is 1. The van der Waals surface area contributed by atoms with Gasteiger partial charge in [0.2, 0.25) is 5.91 Å². The standard InChI is InChI=1S/C24H26FN5O3/c25-17-9-8-15(12-18-21-16(7-4-10-26-21)22(31)29-28-18)13-20(17)30-23(32)19(27-24(30)33)11-14-5-2-1-3-6-14/h1-3,5-6,8-9,13,16,18-19,21,26,28H,4,7,10-12H2,(H,27,33)(H,29,31). The van der Waals surface area contributed by atoms with Crippen LogP contribution in [-0.4, -0.2) is 42.5 Å². The molecule has 2 aromatic carbocycles. The minimum Gasteiger partial charge on any atom is -0.325 e. The quantitative estimate of drug-likeness (QED) is 0.515. The summed E-state index contributed by atoms with van der Waals surface area (Å²) in [6.07, 6.45) is 2.60. The molecule has 4 atom stereocenters. The van der Waals surface area contributed by atoms with Crippen LogP contribution in [0.2, 0.25) is 0 Å². The minimum atomic E-state index is -0.745. The number of rotatable bonds is 5. The highest BCUT2D eigenvalue weighted by atomic mass is 19.1. The molecule has 0 saturated carbocycles. The summed E-state index contributed by atoms with van der Waals surface area (Å²) in [6.45, 7) is 0.840. The summed E-state index contributed by atoms with van der Waals surface area (Å²) in [5.41, 5.74) is 7.42. The number of piperidine rings is 1. The fourth-order valence-electron chi connectivity index (χ4n) is 5.01. The smallest absolute Gasteiger partial charge is 0.325 e. The van der Waals surface area contributed by atoms with Gasteiger partial charge in [-0.25, -0.2) is 19.5 Å². The first-order valence-corrected chi connectivity index (χ1v) is 11.3. The third kappa shape index (κ3) is 4.21. The van der Waals surface area contributed by atoms with Crippen LogP contribution in [0.5, 0.6) is 0 Å². The number of anilines is 1. The van der Waals surface area contributed by atoms with Crippen LogP contribution in [0.3, 0.4) is 0 Å². The van der Waals surface area contributed by atoms with E-state index in [1.54, 1.807) is 12.1 Å². The van der Waals surface area contributed by atoms with Crippen molar-refractivity contribution in [2.24, 2.45) is 5.92 Å². The van der Waals surface area contributed by atoms with Crippen molar-refractivity contribution in [2.45, 2.75) is 43.8 Å². The molecule has 3 heterocycles. The molecule has 2 aromatic rings. The third-order valence-electron chi connectivity index (χ3n) is 6.67. The molecular formula is C24H26FN5O3. The van der Waals surface area contributed by atoms with Gasteiger partial charge in [-0.05, 0) is 49.1 Å². The van der Waals surface area contributed by atoms with Crippen LogP contribution in [0.4, 0.5) is 14.9 Å². The van der Waals surface area contributed by atoms with E-state index in [4.69, 9.17) is 0 Å². The molecule has 9 heteroatoms. The largest absolute Gasteiger partial charge is 0.329 e. The molecular weight excluding hydrogens is 425 g/mol. The number of hydrazine groups is 1. The van der Waals surface area contributed by atoms with E-state index in [1.807, 2.05) is 30.3 Å². The van der Waals surface area contributed by atoms with Gasteiger partial charge >= 0.3 is 6.03 Å². The molecule has 5 rings (SSSR count). The van der Waals surface area contributed by atoms with Crippen LogP contribution < -0.4 is 26.4 Å². The molecule has 3 aliphatic rings. The van der Waals surface area contributed by atoms with Crippen molar-refractivity contribution >= 4 is 23.5 Å². The molecule has 3 saturated heterocycles. The lowest BCUT2D eigenvalue weighted by molar-refractivity contribution is -0.131. The lowest BCUT2D eigenvalue weighted by Gasteiger charge is -2.41. The summed E-state index contributed by atoms with van der Waals surface area (Å²) in [6, 6.07) is 12.3. The number of hydrogen-bond donors (Lipinski definition) is 4. The number of nitrogens with one attached hydrogen (secondary N) is 4. The Kier molecular flexibility index (Phi) is 5.82. The number of carbonyl (C=O) groups is 3. The van der Waals surface area contributed by atoms with Gasteiger partial charge < -0.3 is 10.6 Å². The minimum absolute atomic E-state index is 0.0213. The zero-order valence-corrected chi connectivity index (χ0v) is 18.0. The van der Waals surface area contributed by atoms with Crippen LogP contribution in [0.25, 0.3) is 0 Å². The molecule has 33 heavy (non-hydrogen) atoms. The van der Waals surface area contributed by atoms with Gasteiger partial charge in [0.05, 0.1) is 11.6 Å². The van der Waals surface area contributed by atoms with E-state index in [9.17, 15) is 18.8 Å². The van der Waals surface area contributed by atoms with Crippen LogP contribution in [0.1, 0.15) is 24.0 Å². The predicted octanol–water partition coefficient (Wildman–Crippen LogP) is 1.41. The molecule has 0 radical (unpaired) electrons. The lowest BCUT2D eigenvalue weighted by atomic mass is 9.82. The highest BCUT2D eigenvalue weighted by Crippen LogP contribution is 2.28. The van der Waals surface area contributed by atoms with E-state index < -0.39 is 23.8 Å². The maximum Gasteiger partial charge on any atom is 0.329 e. The van der Waals surface area contributed by atoms with E-state index in [0.29, 0.717) is 12.8 Å². The summed E-state index contributed by atoms with van der Waals surface area (Å²) in [4.78, 5) is 38.7. The number of halogens is 1. The summed E-state index contributed by atoms with van der Waals surface area (Å²) in [7, 11) is 0. The lowest BCUT2D eigenvalue weighted by Crippen LogP contribution is -2.67. The number of benzene rings is 2. The number of urea groups is 1. The average Bonchev–Trinajstić information content (AvgIpc) is 3.10. The van der Waals surface area contributed by atoms with Crippen molar-refractivity contribution < 1.29 is 18.8 Å². The average molecular weight is 452 g/mol. The first-order chi connectivity index (χ1) is 16.0. The fraction of sp³-hybridized carbons (Fsp3) is 0.375. The predicted molar refractivity (Wildman–Crippen MR) is 120 cm³/mol. The second-order valence-corrected chi connectivity index (χ2v) is 8.82. The van der Waals surface area contributed by atoms with Crippen molar-refractivity contribution in [3.8, 4) is 0 Å². The van der Waals surface area contributed by atoms with Crippen molar-refractivity contribution in [3.05, 3.63) is 65.5 Å². The van der Waals surface area contributed by atoms with Crippen molar-refractivity contribution in [2.75, 3.05) is 11.4 Å². The molecule has 8 nitrogen and oxygen atoms in total. The van der Waals surface area contributed by atoms with Crippen molar-refractivity contribution in [1.29, 1.82) is 0 Å². The zero-order valence-electron chi connectivity index (χ0n) is 18.0. The number of carbonyl (C=O) groups excluding carboxylic acids is 3. The van der Waals surface area contributed by atoms with Gasteiger partial charge in [-0.1, -0.05) is 36.4 Å². The number of fused-ring (bicyclic) bond motifs is 1. The van der Waals surface area contributed by atoms with Gasteiger partial charge in [0.15, 0.2) is 0 Å². The maximum absolute atomic E-state index is 14.8. The van der Waals surface area contributed by atoms with Crippen molar-refractivity contribution in [1.82, 2.24) is 21.5 Å². The van der Waals surface area contributed by atoms with Crippen LogP contribution in [-0.2, 0) is 22.4 Å². The Morgan fingerprint density at radius 1 is 1.00 bits per heavy atom. The summed E-state index contributed by atoms with van der Waals surface area (Å²) in [5.74, 6) is -1.25. The van der Waals surface area contributed by atoms with Gasteiger partial charge in [0.25, 0.3) is 5.91 Å². The van der Waals surface area contributed by atoms with Gasteiger partial charge in [-0.3, -0.25) is 15.0 Å². The third-order valence-corrected chi connectivity index (χ3v) is 6.67. The Morgan fingerprint density at radius 3 is 2.64 bits per heavy atom. The molecule has 4 unspecified atom stereocenters. The number of amides is 4. The normalized spacial score (nSPS) is 27.2. The molecule has 0 aromatic heterocycles. The van der Waals surface area contributed by atoms with Gasteiger partial charge in [-0.15, -0.1) is 0 Å². The number of imide groups is 1. The van der Waals surface area contributed by atoms with Crippen LogP contribution in [0, 0.1) is 11.7 Å². The first kappa shape index (κ1) is 21.5. The summed E-state index contributed by atoms with van der Waals surface area (Å²) >= 11 is 0. The number of hydrogen-bond acceptors (Lipinski definition) is 5. The molecule has 4 N–H and O–H groups in total. The summed E-state index contributed by atoms with van der Waals surface area (Å²) in [5, 5.41) is 6.09. The molecule has 0 aliphatic carbocycles. The maximum atomic E-state index is 14.8. The second kappa shape index (κ2) is 8.92. The molecule has 0 bridgehead atoms. The Morgan fingerprint density at radius 2 is 1.82 bits per heavy atom. The highest BCUT2D eigenvalue weighted by Gasteiger charge is 2.42. The molecule has 4 amide bonds.